The Kier molecular flexibility index (Phi) is 8.70. The van der Waals surface area contributed by atoms with Crippen LogP contribution in [-0.2, 0) is 22.4 Å². The second kappa shape index (κ2) is 10.5. The first kappa shape index (κ1) is 19.8. The maximum Gasteiger partial charge on any atom is 0.130 e. The van der Waals surface area contributed by atoms with Gasteiger partial charge in [-0.1, -0.05) is 59.7 Å². The van der Waals surface area contributed by atoms with Crippen molar-refractivity contribution in [1.29, 1.82) is 0 Å². The summed E-state index contributed by atoms with van der Waals surface area (Å²) < 4.78 is 0. The summed E-state index contributed by atoms with van der Waals surface area (Å²) in [6, 6.07) is 16.6. The standard InChI is InChI=1S/2C11H14O/c1-9-3-6-11(7-4-9)8-5-10(2)12;1-9-4-3-5-11(8-9)7-6-10(2)12/h3-4,6-7H,5,8H2,1-2H3;3-5,8H,6-7H2,1-2H3. The zero-order chi connectivity index (χ0) is 17.9. The van der Waals surface area contributed by atoms with E-state index in [4.69, 9.17) is 0 Å². The molecule has 2 aromatic rings. The van der Waals surface area contributed by atoms with Gasteiger partial charge in [-0.15, -0.1) is 0 Å². The summed E-state index contributed by atoms with van der Waals surface area (Å²) in [6.45, 7) is 7.40. The molecule has 2 aromatic carbocycles. The molecule has 0 saturated heterocycles. The fraction of sp³-hybridized carbons (Fsp3) is 0.364. The van der Waals surface area contributed by atoms with E-state index in [0.29, 0.717) is 12.8 Å². The van der Waals surface area contributed by atoms with Crippen molar-refractivity contribution >= 4 is 11.6 Å². The fourth-order valence-electron chi connectivity index (χ4n) is 2.26. The predicted molar refractivity (Wildman–Crippen MR) is 100 cm³/mol. The van der Waals surface area contributed by atoms with Crippen molar-refractivity contribution in [3.8, 4) is 0 Å². The summed E-state index contributed by atoms with van der Waals surface area (Å²) in [5.41, 5.74) is 5.03. The van der Waals surface area contributed by atoms with Crippen molar-refractivity contribution in [2.24, 2.45) is 0 Å². The molecule has 0 atom stereocenters. The molecule has 0 bridgehead atoms. The van der Waals surface area contributed by atoms with Gasteiger partial charge in [0, 0.05) is 12.8 Å². The molecule has 0 amide bonds. The Labute approximate surface area is 145 Å². The molecule has 0 aromatic heterocycles. The van der Waals surface area contributed by atoms with Gasteiger partial charge in [0.15, 0.2) is 0 Å². The predicted octanol–water partition coefficient (Wildman–Crippen LogP) is 5.03. The van der Waals surface area contributed by atoms with Crippen molar-refractivity contribution in [3.05, 3.63) is 70.8 Å². The van der Waals surface area contributed by atoms with Crippen LogP contribution >= 0.6 is 0 Å². The van der Waals surface area contributed by atoms with Crippen LogP contribution in [0.25, 0.3) is 0 Å². The molecule has 0 aliphatic heterocycles. The summed E-state index contributed by atoms with van der Waals surface area (Å²) >= 11 is 0. The molecular formula is C22H28O2. The van der Waals surface area contributed by atoms with Crippen LogP contribution in [0.1, 0.15) is 48.9 Å². The van der Waals surface area contributed by atoms with E-state index in [1.54, 1.807) is 13.8 Å². The summed E-state index contributed by atoms with van der Waals surface area (Å²) in [4.78, 5) is 21.4. The molecule has 2 nitrogen and oxygen atoms in total. The van der Waals surface area contributed by atoms with E-state index in [1.807, 2.05) is 6.07 Å². The van der Waals surface area contributed by atoms with Gasteiger partial charge in [-0.3, -0.25) is 0 Å². The van der Waals surface area contributed by atoms with Crippen molar-refractivity contribution in [2.75, 3.05) is 0 Å². The van der Waals surface area contributed by atoms with Crippen molar-refractivity contribution in [2.45, 2.75) is 53.4 Å². The van der Waals surface area contributed by atoms with Gasteiger partial charge in [0.25, 0.3) is 0 Å². The lowest BCUT2D eigenvalue weighted by Gasteiger charge is -1.99. The van der Waals surface area contributed by atoms with Gasteiger partial charge < -0.3 is 9.59 Å². The maximum atomic E-state index is 10.7. The van der Waals surface area contributed by atoms with Gasteiger partial charge in [0.05, 0.1) is 0 Å². The largest absolute Gasteiger partial charge is 0.300 e. The van der Waals surface area contributed by atoms with Gasteiger partial charge in [0.2, 0.25) is 0 Å². The SMILES string of the molecule is CC(=O)CCc1ccc(C)cc1.CC(=O)CCc1cccc(C)c1. The molecule has 0 fully saturated rings. The number of ketones is 2. The smallest absolute Gasteiger partial charge is 0.130 e. The van der Waals surface area contributed by atoms with Gasteiger partial charge in [-0.05, 0) is 51.7 Å². The molecule has 0 aliphatic carbocycles. The molecule has 0 N–H and O–H groups in total. The van der Waals surface area contributed by atoms with E-state index in [-0.39, 0.29) is 11.6 Å². The molecule has 0 saturated carbocycles. The van der Waals surface area contributed by atoms with Crippen LogP contribution in [0.3, 0.4) is 0 Å². The van der Waals surface area contributed by atoms with Crippen molar-refractivity contribution in [3.63, 3.8) is 0 Å². The zero-order valence-corrected chi connectivity index (χ0v) is 15.3. The quantitative estimate of drug-likeness (QED) is 0.746. The first-order valence-electron chi connectivity index (χ1n) is 8.47. The number of carbonyl (C=O) groups is 2. The lowest BCUT2D eigenvalue weighted by Crippen LogP contribution is -1.93. The Balaban J connectivity index is 0.000000240. The van der Waals surface area contributed by atoms with Gasteiger partial charge >= 0.3 is 0 Å². The molecule has 128 valence electrons. The molecule has 2 rings (SSSR count). The molecule has 0 heterocycles. The number of rotatable bonds is 6. The molecule has 0 radical (unpaired) electrons. The average Bonchev–Trinajstić information content (AvgIpc) is 2.53. The molecule has 0 aliphatic rings. The highest BCUT2D eigenvalue weighted by molar-refractivity contribution is 5.76. The number of Topliss-reactive ketones (excluding diaryl/α,β-unsaturated/α-hetero) is 2. The lowest BCUT2D eigenvalue weighted by molar-refractivity contribution is -0.117. The lowest BCUT2D eigenvalue weighted by atomic mass is 10.1. The topological polar surface area (TPSA) is 34.1 Å². The van der Waals surface area contributed by atoms with Gasteiger partial charge in [-0.2, -0.15) is 0 Å². The summed E-state index contributed by atoms with van der Waals surface area (Å²) in [5, 5.41) is 0. The van der Waals surface area contributed by atoms with Crippen LogP contribution in [0.5, 0.6) is 0 Å². The van der Waals surface area contributed by atoms with Crippen LogP contribution in [-0.4, -0.2) is 11.6 Å². The van der Waals surface area contributed by atoms with Crippen molar-refractivity contribution in [1.82, 2.24) is 0 Å². The number of aryl methyl sites for hydroxylation is 4. The van der Waals surface area contributed by atoms with Crippen LogP contribution in [0.4, 0.5) is 0 Å². The number of hydrogen-bond donors (Lipinski definition) is 0. The second-order valence-corrected chi connectivity index (χ2v) is 6.38. The monoisotopic (exact) mass is 324 g/mol. The minimum absolute atomic E-state index is 0.260. The van der Waals surface area contributed by atoms with E-state index < -0.39 is 0 Å². The molecule has 0 unspecified atom stereocenters. The van der Waals surface area contributed by atoms with Crippen LogP contribution in [0.2, 0.25) is 0 Å². The molecule has 2 heteroatoms. The third-order valence-electron chi connectivity index (χ3n) is 3.73. The van der Waals surface area contributed by atoms with Gasteiger partial charge in [-0.25, -0.2) is 0 Å². The maximum absolute atomic E-state index is 10.7. The highest BCUT2D eigenvalue weighted by Crippen LogP contribution is 2.07. The second-order valence-electron chi connectivity index (χ2n) is 6.38. The number of carbonyl (C=O) groups excluding carboxylic acids is 2. The van der Waals surface area contributed by atoms with E-state index in [2.05, 4.69) is 56.3 Å². The van der Waals surface area contributed by atoms with E-state index in [0.717, 1.165) is 12.8 Å². The van der Waals surface area contributed by atoms with Gasteiger partial charge in [0.1, 0.15) is 11.6 Å². The highest BCUT2D eigenvalue weighted by Gasteiger charge is 1.96. The zero-order valence-electron chi connectivity index (χ0n) is 15.3. The molecular weight excluding hydrogens is 296 g/mol. The Hall–Kier alpha value is -2.22. The highest BCUT2D eigenvalue weighted by atomic mass is 16.1. The minimum atomic E-state index is 0.260. The third-order valence-corrected chi connectivity index (χ3v) is 3.73. The Morgan fingerprint density at radius 1 is 0.708 bits per heavy atom. The van der Waals surface area contributed by atoms with Crippen LogP contribution < -0.4 is 0 Å². The van der Waals surface area contributed by atoms with E-state index in [1.165, 1.54) is 22.3 Å². The minimum Gasteiger partial charge on any atom is -0.300 e. The van der Waals surface area contributed by atoms with Crippen molar-refractivity contribution < 1.29 is 9.59 Å². The first-order valence-corrected chi connectivity index (χ1v) is 8.47. The average molecular weight is 324 g/mol. The number of hydrogen-bond acceptors (Lipinski definition) is 2. The Morgan fingerprint density at radius 3 is 1.75 bits per heavy atom. The fourth-order valence-corrected chi connectivity index (χ4v) is 2.26. The Bertz CT molecular complexity index is 654. The summed E-state index contributed by atoms with van der Waals surface area (Å²) in [7, 11) is 0. The summed E-state index contributed by atoms with van der Waals surface area (Å²) in [5.74, 6) is 0.520. The number of benzene rings is 2. The molecule has 0 spiro atoms. The van der Waals surface area contributed by atoms with E-state index >= 15 is 0 Å². The molecule has 24 heavy (non-hydrogen) atoms. The third kappa shape index (κ3) is 9.04. The van der Waals surface area contributed by atoms with E-state index in [9.17, 15) is 9.59 Å². The normalized spacial score (nSPS) is 9.83. The van der Waals surface area contributed by atoms with Crippen LogP contribution in [0.15, 0.2) is 48.5 Å². The Morgan fingerprint density at radius 2 is 1.25 bits per heavy atom. The van der Waals surface area contributed by atoms with Crippen LogP contribution in [0, 0.1) is 13.8 Å². The summed E-state index contributed by atoms with van der Waals surface area (Å²) in [6.07, 6.45) is 3.05. The first-order chi connectivity index (χ1) is 11.4.